The van der Waals surface area contributed by atoms with Gasteiger partial charge in [0.1, 0.15) is 5.76 Å². The van der Waals surface area contributed by atoms with Crippen LogP contribution in [0.1, 0.15) is 29.0 Å². The molecule has 1 heterocycles. The summed E-state index contributed by atoms with van der Waals surface area (Å²) in [6, 6.07) is 1.50. The molecule has 2 amide bonds. The number of aliphatic carboxylic acids is 1. The zero-order chi connectivity index (χ0) is 16.6. The van der Waals surface area contributed by atoms with Crippen molar-refractivity contribution in [1.82, 2.24) is 10.9 Å². The topological polar surface area (TPSA) is 109 Å². The number of allylic oxidation sites excluding steroid dienone is 2. The van der Waals surface area contributed by atoms with E-state index in [2.05, 4.69) is 10.9 Å². The third-order valence-electron chi connectivity index (χ3n) is 4.74. The molecule has 0 aromatic carbocycles. The summed E-state index contributed by atoms with van der Waals surface area (Å²) < 4.78 is 5.04. The minimum atomic E-state index is -0.971. The largest absolute Gasteiger partial charge is 0.481 e. The van der Waals surface area contributed by atoms with E-state index >= 15 is 0 Å². The molecule has 3 N–H and O–H groups in total. The summed E-state index contributed by atoms with van der Waals surface area (Å²) >= 11 is 0. The van der Waals surface area contributed by atoms with Gasteiger partial charge in [-0.15, -0.1) is 0 Å². The smallest absolute Gasteiger partial charge is 0.307 e. The molecule has 1 fully saturated rings. The average molecular weight is 318 g/mol. The van der Waals surface area contributed by atoms with Crippen LogP contribution in [0.4, 0.5) is 0 Å². The normalized spacial score (nSPS) is 28.4. The van der Waals surface area contributed by atoms with Crippen molar-refractivity contribution in [2.45, 2.75) is 19.8 Å². The highest BCUT2D eigenvalue weighted by Gasteiger charge is 2.48. The molecule has 3 aliphatic carbocycles. The number of amides is 2. The van der Waals surface area contributed by atoms with Gasteiger partial charge in [-0.3, -0.25) is 25.2 Å². The number of fused-ring (bicyclic) bond motifs is 2. The molecule has 3 aliphatic rings. The number of hydrogen-bond donors (Lipinski definition) is 3. The van der Waals surface area contributed by atoms with E-state index in [9.17, 15) is 19.5 Å². The van der Waals surface area contributed by atoms with E-state index in [0.29, 0.717) is 11.3 Å². The maximum absolute atomic E-state index is 12.4. The molecule has 0 aliphatic heterocycles. The Labute approximate surface area is 132 Å². The van der Waals surface area contributed by atoms with Crippen LogP contribution in [-0.4, -0.2) is 22.9 Å². The summed E-state index contributed by atoms with van der Waals surface area (Å²) in [6.07, 6.45) is 6.77. The van der Waals surface area contributed by atoms with Crippen molar-refractivity contribution >= 4 is 17.8 Å². The fourth-order valence-electron chi connectivity index (χ4n) is 3.58. The third kappa shape index (κ3) is 2.74. The third-order valence-corrected chi connectivity index (χ3v) is 4.74. The summed E-state index contributed by atoms with van der Waals surface area (Å²) in [7, 11) is 0. The highest BCUT2D eigenvalue weighted by Crippen LogP contribution is 2.44. The molecule has 23 heavy (non-hydrogen) atoms. The van der Waals surface area contributed by atoms with Crippen LogP contribution in [0.25, 0.3) is 0 Å². The second kappa shape index (κ2) is 5.91. The number of furan rings is 1. The minimum absolute atomic E-state index is 0.103. The van der Waals surface area contributed by atoms with Gasteiger partial charge in [0.2, 0.25) is 5.91 Å². The van der Waals surface area contributed by atoms with Crippen LogP contribution in [-0.2, 0) is 9.59 Å². The SMILES string of the molecule is Cc1occc1C(=O)NNC(=O)[C@@H]1[C@@H](C(=O)O)[C@H]2C=C[C@H]1CC2. The predicted octanol–water partition coefficient (Wildman–Crippen LogP) is 1.26. The number of carbonyl (C=O) groups is 3. The molecule has 7 heteroatoms. The zero-order valence-corrected chi connectivity index (χ0v) is 12.6. The first-order valence-electron chi connectivity index (χ1n) is 7.54. The first-order chi connectivity index (χ1) is 11.0. The molecule has 4 atom stereocenters. The number of carboxylic acid groups (broad SMARTS) is 1. The van der Waals surface area contributed by atoms with E-state index in [1.54, 1.807) is 6.92 Å². The maximum atomic E-state index is 12.4. The van der Waals surface area contributed by atoms with Crippen molar-refractivity contribution in [2.75, 3.05) is 0 Å². The average Bonchev–Trinajstić information content (AvgIpc) is 2.98. The molecule has 1 aromatic rings. The zero-order valence-electron chi connectivity index (χ0n) is 12.6. The van der Waals surface area contributed by atoms with Gasteiger partial charge in [0.05, 0.1) is 23.7 Å². The number of carbonyl (C=O) groups excluding carboxylic acids is 2. The van der Waals surface area contributed by atoms with E-state index in [1.165, 1.54) is 12.3 Å². The van der Waals surface area contributed by atoms with Crippen LogP contribution in [0.3, 0.4) is 0 Å². The van der Waals surface area contributed by atoms with E-state index in [-0.39, 0.29) is 11.8 Å². The van der Waals surface area contributed by atoms with E-state index in [1.807, 2.05) is 12.2 Å². The van der Waals surface area contributed by atoms with Crippen LogP contribution in [0.5, 0.6) is 0 Å². The number of carboxylic acids is 1. The maximum Gasteiger partial charge on any atom is 0.307 e. The molecular weight excluding hydrogens is 300 g/mol. The standard InChI is InChI=1S/C16H18N2O5/c1-8-11(6-7-23-8)14(19)17-18-15(20)12-9-2-4-10(5-3-9)13(12)16(21)22/h2,4,6-7,9-10,12-13H,3,5H2,1H3,(H,17,19)(H,18,20)(H,21,22)/t9-,10-,12-,13-/m0/s1. The molecule has 2 bridgehead atoms. The molecule has 122 valence electrons. The van der Waals surface area contributed by atoms with Crippen LogP contribution < -0.4 is 10.9 Å². The monoisotopic (exact) mass is 318 g/mol. The number of hydrazine groups is 1. The van der Waals surface area contributed by atoms with Gasteiger partial charge in [-0.25, -0.2) is 0 Å². The Kier molecular flexibility index (Phi) is 3.94. The molecular formula is C16H18N2O5. The van der Waals surface area contributed by atoms with E-state index < -0.39 is 29.6 Å². The van der Waals surface area contributed by atoms with E-state index in [4.69, 9.17) is 4.42 Å². The molecule has 0 spiro atoms. The first-order valence-corrected chi connectivity index (χ1v) is 7.54. The summed E-state index contributed by atoms with van der Waals surface area (Å²) in [4.78, 5) is 35.9. The first kappa shape index (κ1) is 15.3. The van der Waals surface area contributed by atoms with Gasteiger partial charge in [0.15, 0.2) is 0 Å². The van der Waals surface area contributed by atoms with Crippen LogP contribution in [0.2, 0.25) is 0 Å². The molecule has 1 saturated carbocycles. The quantitative estimate of drug-likeness (QED) is 0.574. The van der Waals surface area contributed by atoms with Crippen molar-refractivity contribution in [3.8, 4) is 0 Å². The van der Waals surface area contributed by atoms with Gasteiger partial charge in [-0.05, 0) is 37.7 Å². The van der Waals surface area contributed by atoms with E-state index in [0.717, 1.165) is 12.8 Å². The van der Waals surface area contributed by atoms with Gasteiger partial charge < -0.3 is 9.52 Å². The lowest BCUT2D eigenvalue weighted by Gasteiger charge is -2.41. The summed E-state index contributed by atoms with van der Waals surface area (Å²) in [5.74, 6) is -3.12. The minimum Gasteiger partial charge on any atom is -0.481 e. The summed E-state index contributed by atoms with van der Waals surface area (Å²) in [5, 5.41) is 9.43. The molecule has 1 aromatic heterocycles. The van der Waals surface area contributed by atoms with Gasteiger partial charge in [0.25, 0.3) is 5.91 Å². The molecule has 0 radical (unpaired) electrons. The summed E-state index contributed by atoms with van der Waals surface area (Å²) in [6.45, 7) is 1.64. The van der Waals surface area contributed by atoms with Crippen LogP contribution in [0.15, 0.2) is 28.9 Å². The Morgan fingerprint density at radius 1 is 1.13 bits per heavy atom. The molecule has 4 rings (SSSR count). The van der Waals surface area contributed by atoms with Gasteiger partial charge in [0, 0.05) is 0 Å². The van der Waals surface area contributed by atoms with Gasteiger partial charge >= 0.3 is 5.97 Å². The highest BCUT2D eigenvalue weighted by atomic mass is 16.4. The highest BCUT2D eigenvalue weighted by molar-refractivity contribution is 5.96. The Morgan fingerprint density at radius 3 is 2.30 bits per heavy atom. The molecule has 0 unspecified atom stereocenters. The van der Waals surface area contributed by atoms with Gasteiger partial charge in [-0.1, -0.05) is 12.2 Å². The lowest BCUT2D eigenvalue weighted by atomic mass is 9.62. The van der Waals surface area contributed by atoms with Crippen molar-refractivity contribution in [2.24, 2.45) is 23.7 Å². The van der Waals surface area contributed by atoms with Crippen molar-refractivity contribution in [3.63, 3.8) is 0 Å². The Balaban J connectivity index is 1.68. The lowest BCUT2D eigenvalue weighted by molar-refractivity contribution is -0.153. The number of rotatable bonds is 3. The number of aryl methyl sites for hydroxylation is 1. The van der Waals surface area contributed by atoms with Crippen molar-refractivity contribution in [1.29, 1.82) is 0 Å². The number of nitrogens with one attached hydrogen (secondary N) is 2. The second-order valence-corrected chi connectivity index (χ2v) is 6.01. The van der Waals surface area contributed by atoms with Crippen molar-refractivity contribution in [3.05, 3.63) is 35.8 Å². The fraction of sp³-hybridized carbons (Fsp3) is 0.438. The fourth-order valence-corrected chi connectivity index (χ4v) is 3.58. The Bertz CT molecular complexity index is 678. The predicted molar refractivity (Wildman–Crippen MR) is 79.0 cm³/mol. The molecule has 0 saturated heterocycles. The lowest BCUT2D eigenvalue weighted by Crippen LogP contribution is -2.53. The van der Waals surface area contributed by atoms with Crippen molar-refractivity contribution < 1.29 is 23.9 Å². The van der Waals surface area contributed by atoms with Gasteiger partial charge in [-0.2, -0.15) is 0 Å². The number of hydrogen-bond acceptors (Lipinski definition) is 4. The van der Waals surface area contributed by atoms with Crippen LogP contribution in [0, 0.1) is 30.6 Å². The van der Waals surface area contributed by atoms with Crippen LogP contribution >= 0.6 is 0 Å². The summed E-state index contributed by atoms with van der Waals surface area (Å²) in [5.41, 5.74) is 5.01. The molecule has 7 nitrogen and oxygen atoms in total. The second-order valence-electron chi connectivity index (χ2n) is 6.01. The Hall–Kier alpha value is -2.57. The Morgan fingerprint density at radius 2 is 1.78 bits per heavy atom.